The lowest BCUT2D eigenvalue weighted by Crippen LogP contribution is -2.17. The third-order valence-corrected chi connectivity index (χ3v) is 6.37. The molecule has 1 atom stereocenters. The molecule has 2 heterocycles. The molecule has 1 unspecified atom stereocenters. The van der Waals surface area contributed by atoms with Crippen LogP contribution in [0.1, 0.15) is 22.5 Å². The Labute approximate surface area is 193 Å². The number of hydrogen-bond donors (Lipinski definition) is 1. The number of nitrogens with zero attached hydrogens (tertiary/aromatic N) is 1. The van der Waals surface area contributed by atoms with Crippen LogP contribution in [0.3, 0.4) is 0 Å². The fraction of sp³-hybridized carbons (Fsp3) is 0.261. The Balaban J connectivity index is 1.35. The van der Waals surface area contributed by atoms with E-state index in [4.69, 9.17) is 13.9 Å². The number of fused-ring (bicyclic) bond motifs is 1. The number of rotatable bonds is 7. The SMILES string of the molecule is CS(=N)(=O)c1ccc(COc2coc(CN3Cc4ccc(OC(F)(F)F)cc4C3)cc2=O)cc1. The molecule has 1 aromatic heterocycles. The first-order valence-corrected chi connectivity index (χ1v) is 12.1. The lowest BCUT2D eigenvalue weighted by Gasteiger charge is -2.14. The van der Waals surface area contributed by atoms with Gasteiger partial charge in [0.15, 0.2) is 0 Å². The van der Waals surface area contributed by atoms with Crippen LogP contribution in [-0.4, -0.2) is 21.7 Å². The summed E-state index contributed by atoms with van der Waals surface area (Å²) in [5.41, 5.74) is 1.98. The maximum absolute atomic E-state index is 12.4. The molecule has 180 valence electrons. The van der Waals surface area contributed by atoms with Crippen LogP contribution in [0.5, 0.6) is 11.5 Å². The van der Waals surface area contributed by atoms with Crippen molar-refractivity contribution in [2.45, 2.75) is 37.5 Å². The molecule has 7 nitrogen and oxygen atoms in total. The van der Waals surface area contributed by atoms with Crippen molar-refractivity contribution in [1.29, 1.82) is 4.78 Å². The molecule has 0 fully saturated rings. The normalized spacial score (nSPS) is 15.5. The predicted octanol–water partition coefficient (Wildman–Crippen LogP) is 4.67. The monoisotopic (exact) mass is 494 g/mol. The molecule has 0 radical (unpaired) electrons. The van der Waals surface area contributed by atoms with Gasteiger partial charge in [-0.2, -0.15) is 0 Å². The van der Waals surface area contributed by atoms with Crippen molar-refractivity contribution < 1.29 is 31.3 Å². The lowest BCUT2D eigenvalue weighted by atomic mass is 10.1. The van der Waals surface area contributed by atoms with Crippen LogP contribution in [-0.2, 0) is 36.0 Å². The maximum atomic E-state index is 12.4. The second-order valence-corrected chi connectivity index (χ2v) is 10.1. The van der Waals surface area contributed by atoms with Gasteiger partial charge in [-0.05, 0) is 41.0 Å². The average molecular weight is 494 g/mol. The minimum atomic E-state index is -4.75. The molecule has 0 saturated carbocycles. The van der Waals surface area contributed by atoms with Crippen LogP contribution in [0.4, 0.5) is 13.2 Å². The van der Waals surface area contributed by atoms with Gasteiger partial charge in [-0.3, -0.25) is 9.69 Å². The third-order valence-electron chi connectivity index (χ3n) is 5.20. The third kappa shape index (κ3) is 5.97. The van der Waals surface area contributed by atoms with E-state index in [-0.39, 0.29) is 23.5 Å². The first kappa shape index (κ1) is 23.8. The molecule has 3 aromatic rings. The highest BCUT2D eigenvalue weighted by Crippen LogP contribution is 2.30. The second-order valence-electron chi connectivity index (χ2n) is 7.97. The van der Waals surface area contributed by atoms with Crippen molar-refractivity contribution in [2.75, 3.05) is 6.26 Å². The van der Waals surface area contributed by atoms with E-state index in [9.17, 15) is 22.2 Å². The van der Waals surface area contributed by atoms with E-state index in [1.165, 1.54) is 30.7 Å². The summed E-state index contributed by atoms with van der Waals surface area (Å²) < 4.78 is 71.7. The Hall–Kier alpha value is -3.31. The quantitative estimate of drug-likeness (QED) is 0.513. The summed E-state index contributed by atoms with van der Waals surface area (Å²) in [5.74, 6) is 0.166. The van der Waals surface area contributed by atoms with Crippen LogP contribution in [0.25, 0.3) is 0 Å². The van der Waals surface area contributed by atoms with Crippen LogP contribution < -0.4 is 14.9 Å². The fourth-order valence-corrected chi connectivity index (χ4v) is 4.26. The van der Waals surface area contributed by atoms with Crippen LogP contribution in [0, 0.1) is 4.78 Å². The predicted molar refractivity (Wildman–Crippen MR) is 117 cm³/mol. The van der Waals surface area contributed by atoms with E-state index < -0.39 is 16.1 Å². The van der Waals surface area contributed by atoms with E-state index in [2.05, 4.69) is 4.74 Å². The highest BCUT2D eigenvalue weighted by molar-refractivity contribution is 7.91. The lowest BCUT2D eigenvalue weighted by molar-refractivity contribution is -0.274. The molecule has 1 aliphatic rings. The van der Waals surface area contributed by atoms with Gasteiger partial charge in [0, 0.05) is 30.3 Å². The second kappa shape index (κ2) is 9.15. The highest BCUT2D eigenvalue weighted by atomic mass is 32.2. The molecular formula is C23H21F3N2O5S. The van der Waals surface area contributed by atoms with Crippen LogP contribution in [0.2, 0.25) is 0 Å². The Morgan fingerprint density at radius 2 is 1.79 bits per heavy atom. The summed E-state index contributed by atoms with van der Waals surface area (Å²) in [6.45, 7) is 1.29. The van der Waals surface area contributed by atoms with Crippen molar-refractivity contribution in [3.8, 4) is 11.5 Å². The number of benzene rings is 2. The Bertz CT molecular complexity index is 1350. The summed E-state index contributed by atoms with van der Waals surface area (Å²) in [7, 11) is -2.80. The molecule has 0 bridgehead atoms. The van der Waals surface area contributed by atoms with E-state index in [0.717, 1.165) is 16.7 Å². The molecule has 1 N–H and O–H groups in total. The molecule has 4 rings (SSSR count). The zero-order chi connectivity index (χ0) is 24.5. The Morgan fingerprint density at radius 3 is 2.44 bits per heavy atom. The minimum Gasteiger partial charge on any atom is -0.482 e. The molecule has 0 saturated heterocycles. The van der Waals surface area contributed by atoms with Crippen molar-refractivity contribution in [3.63, 3.8) is 0 Å². The van der Waals surface area contributed by atoms with Crippen molar-refractivity contribution in [1.82, 2.24) is 4.90 Å². The molecule has 0 amide bonds. The molecule has 2 aromatic carbocycles. The van der Waals surface area contributed by atoms with E-state index in [1.807, 2.05) is 4.90 Å². The zero-order valence-electron chi connectivity index (χ0n) is 18.1. The van der Waals surface area contributed by atoms with E-state index in [1.54, 1.807) is 30.3 Å². The number of halogens is 3. The van der Waals surface area contributed by atoms with Gasteiger partial charge in [0.1, 0.15) is 24.4 Å². The topological polar surface area (TPSA) is 92.8 Å². The maximum Gasteiger partial charge on any atom is 0.573 e. The molecule has 34 heavy (non-hydrogen) atoms. The van der Waals surface area contributed by atoms with Crippen LogP contribution in [0.15, 0.2) is 68.9 Å². The fourth-order valence-electron chi connectivity index (χ4n) is 3.60. The summed E-state index contributed by atoms with van der Waals surface area (Å²) in [4.78, 5) is 14.8. The summed E-state index contributed by atoms with van der Waals surface area (Å²) in [5, 5.41) is 0. The van der Waals surface area contributed by atoms with Gasteiger partial charge in [0.05, 0.1) is 16.3 Å². The summed E-state index contributed by atoms with van der Waals surface area (Å²) >= 11 is 0. The number of ether oxygens (including phenoxy) is 2. The van der Waals surface area contributed by atoms with Crippen molar-refractivity contribution in [2.24, 2.45) is 0 Å². The van der Waals surface area contributed by atoms with Gasteiger partial charge >= 0.3 is 6.36 Å². The van der Waals surface area contributed by atoms with Gasteiger partial charge in [0.2, 0.25) is 11.2 Å². The van der Waals surface area contributed by atoms with Crippen molar-refractivity contribution >= 4 is 9.73 Å². The molecule has 11 heteroatoms. The molecule has 0 spiro atoms. The van der Waals surface area contributed by atoms with Gasteiger partial charge in [-0.15, -0.1) is 13.2 Å². The van der Waals surface area contributed by atoms with Gasteiger partial charge < -0.3 is 13.9 Å². The Kier molecular flexibility index (Phi) is 6.41. The van der Waals surface area contributed by atoms with Gasteiger partial charge in [0.25, 0.3) is 0 Å². The van der Waals surface area contributed by atoms with Crippen molar-refractivity contribution in [3.05, 3.63) is 87.5 Å². The van der Waals surface area contributed by atoms with Gasteiger partial charge in [-0.25, -0.2) is 8.99 Å². The molecule has 0 aliphatic carbocycles. The van der Waals surface area contributed by atoms with E-state index in [0.29, 0.717) is 30.3 Å². The average Bonchev–Trinajstić information content (AvgIpc) is 3.13. The first-order chi connectivity index (χ1) is 16.0. The smallest absolute Gasteiger partial charge is 0.482 e. The highest BCUT2D eigenvalue weighted by Gasteiger charge is 2.32. The molecule has 1 aliphatic heterocycles. The number of nitrogens with one attached hydrogen (secondary N) is 1. The standard InChI is InChI=1S/C23H21F3N2O5S/c1-34(27,30)20-6-2-15(3-7-20)13-32-22-14-31-19(9-21(22)29)12-28-10-16-4-5-18(8-17(16)11-28)33-23(24,25)26/h2-9,14,27H,10-13H2,1H3. The summed E-state index contributed by atoms with van der Waals surface area (Å²) in [6.07, 6.45) is -2.18. The largest absolute Gasteiger partial charge is 0.573 e. The number of alkyl halides is 3. The molecular weight excluding hydrogens is 473 g/mol. The summed E-state index contributed by atoms with van der Waals surface area (Å²) in [6, 6.07) is 12.1. The Morgan fingerprint density at radius 1 is 1.09 bits per heavy atom. The minimum absolute atomic E-state index is 0.0336. The number of hydrogen-bond acceptors (Lipinski definition) is 7. The van der Waals surface area contributed by atoms with Gasteiger partial charge in [-0.1, -0.05) is 18.2 Å². The van der Waals surface area contributed by atoms with E-state index >= 15 is 0 Å². The first-order valence-electron chi connectivity index (χ1n) is 10.1. The zero-order valence-corrected chi connectivity index (χ0v) is 18.9. The van der Waals surface area contributed by atoms with Crippen LogP contribution >= 0.6 is 0 Å².